The number of aliphatic hydroxyl groups excluding tert-OH is 1. The molecule has 0 aromatic heterocycles. The summed E-state index contributed by atoms with van der Waals surface area (Å²) in [7, 11) is 0. The molecule has 3 heteroatoms. The van der Waals surface area contributed by atoms with Gasteiger partial charge in [0, 0.05) is 25.3 Å². The molecule has 2 rings (SSSR count). The average Bonchev–Trinajstić information content (AvgIpc) is 2.75. The van der Waals surface area contributed by atoms with Crippen LogP contribution in [-0.4, -0.2) is 30.8 Å². The van der Waals surface area contributed by atoms with Crippen LogP contribution >= 0.6 is 0 Å². The highest BCUT2D eigenvalue weighted by Gasteiger charge is 2.21. The van der Waals surface area contributed by atoms with Crippen molar-refractivity contribution < 1.29 is 5.11 Å². The summed E-state index contributed by atoms with van der Waals surface area (Å²) < 4.78 is 0. The van der Waals surface area contributed by atoms with Crippen molar-refractivity contribution in [1.29, 1.82) is 0 Å². The largest absolute Gasteiger partial charge is 0.391 e. The van der Waals surface area contributed by atoms with Gasteiger partial charge in [0.1, 0.15) is 0 Å². The van der Waals surface area contributed by atoms with Crippen molar-refractivity contribution in [1.82, 2.24) is 5.32 Å². The van der Waals surface area contributed by atoms with Gasteiger partial charge in [-0.15, -0.1) is 0 Å². The number of hydrogen-bond acceptors (Lipinski definition) is 3. The zero-order valence-corrected chi connectivity index (χ0v) is 12.3. The van der Waals surface area contributed by atoms with Gasteiger partial charge in [-0.25, -0.2) is 0 Å². The first kappa shape index (κ1) is 14.4. The zero-order valence-electron chi connectivity index (χ0n) is 12.3. The van der Waals surface area contributed by atoms with E-state index in [2.05, 4.69) is 49.2 Å². The summed E-state index contributed by atoms with van der Waals surface area (Å²) in [6.07, 6.45) is 0.726. The van der Waals surface area contributed by atoms with Crippen LogP contribution in [0.15, 0.2) is 18.2 Å². The smallest absolute Gasteiger partial charge is 0.0731 e. The van der Waals surface area contributed by atoms with Gasteiger partial charge in [-0.2, -0.15) is 0 Å². The topological polar surface area (TPSA) is 35.5 Å². The van der Waals surface area contributed by atoms with E-state index in [0.717, 1.165) is 32.6 Å². The van der Waals surface area contributed by atoms with Crippen molar-refractivity contribution >= 4 is 5.69 Å². The van der Waals surface area contributed by atoms with E-state index in [9.17, 15) is 5.11 Å². The van der Waals surface area contributed by atoms with Gasteiger partial charge in [-0.3, -0.25) is 0 Å². The maximum atomic E-state index is 9.62. The summed E-state index contributed by atoms with van der Waals surface area (Å²) in [6, 6.07) is 6.65. The van der Waals surface area contributed by atoms with E-state index >= 15 is 0 Å². The normalized spacial score (nSPS) is 19.4. The molecule has 0 bridgehead atoms. The lowest BCUT2D eigenvalue weighted by Gasteiger charge is -2.21. The number of aliphatic hydroxyl groups is 1. The standard InChI is InChI=1S/C16H26N2O/c1-12(2)9-17-10-14-4-5-16(13(3)8-14)18-7-6-15(19)11-18/h4-5,8,12,15,17,19H,6-7,9-11H2,1-3H3. The fourth-order valence-electron chi connectivity index (χ4n) is 2.65. The third-order valence-corrected chi connectivity index (χ3v) is 3.65. The first-order valence-electron chi connectivity index (χ1n) is 7.29. The zero-order chi connectivity index (χ0) is 13.8. The minimum Gasteiger partial charge on any atom is -0.391 e. The molecule has 106 valence electrons. The molecule has 0 aliphatic carbocycles. The number of anilines is 1. The third-order valence-electron chi connectivity index (χ3n) is 3.65. The molecule has 1 saturated heterocycles. The fourth-order valence-corrected chi connectivity index (χ4v) is 2.65. The lowest BCUT2D eigenvalue weighted by Crippen LogP contribution is -2.22. The predicted octanol–water partition coefficient (Wildman–Crippen LogP) is 2.31. The van der Waals surface area contributed by atoms with Crippen LogP contribution in [0.2, 0.25) is 0 Å². The molecule has 0 saturated carbocycles. The van der Waals surface area contributed by atoms with E-state index in [1.807, 2.05) is 0 Å². The van der Waals surface area contributed by atoms with Crippen molar-refractivity contribution in [2.75, 3.05) is 24.5 Å². The van der Waals surface area contributed by atoms with Crippen LogP contribution in [-0.2, 0) is 6.54 Å². The maximum Gasteiger partial charge on any atom is 0.0731 e. The van der Waals surface area contributed by atoms with Crippen LogP contribution in [0.5, 0.6) is 0 Å². The minimum absolute atomic E-state index is 0.160. The number of nitrogens with one attached hydrogen (secondary N) is 1. The third kappa shape index (κ3) is 3.95. The van der Waals surface area contributed by atoms with Gasteiger partial charge in [0.05, 0.1) is 6.10 Å². The van der Waals surface area contributed by atoms with Crippen molar-refractivity contribution in [3.05, 3.63) is 29.3 Å². The highest BCUT2D eigenvalue weighted by atomic mass is 16.3. The quantitative estimate of drug-likeness (QED) is 0.855. The van der Waals surface area contributed by atoms with Crippen LogP contribution in [0.25, 0.3) is 0 Å². The van der Waals surface area contributed by atoms with Crippen molar-refractivity contribution in [3.8, 4) is 0 Å². The number of benzene rings is 1. The molecule has 2 N–H and O–H groups in total. The minimum atomic E-state index is -0.160. The van der Waals surface area contributed by atoms with Crippen LogP contribution in [0, 0.1) is 12.8 Å². The Kier molecular flexibility index (Phi) is 4.83. The number of rotatable bonds is 5. The van der Waals surface area contributed by atoms with E-state index < -0.39 is 0 Å². The Balaban J connectivity index is 1.97. The summed E-state index contributed by atoms with van der Waals surface area (Å²) in [5.41, 5.74) is 3.91. The van der Waals surface area contributed by atoms with Gasteiger partial charge < -0.3 is 15.3 Å². The molecule has 1 aromatic rings. The van der Waals surface area contributed by atoms with Gasteiger partial charge in [0.15, 0.2) is 0 Å². The molecule has 19 heavy (non-hydrogen) atoms. The second-order valence-corrected chi connectivity index (χ2v) is 6.03. The molecule has 0 spiro atoms. The second kappa shape index (κ2) is 6.40. The van der Waals surface area contributed by atoms with Gasteiger partial charge in [0.2, 0.25) is 0 Å². The molecule has 1 atom stereocenters. The first-order chi connectivity index (χ1) is 9.06. The number of nitrogens with zero attached hydrogens (tertiary/aromatic N) is 1. The van der Waals surface area contributed by atoms with E-state index in [1.165, 1.54) is 16.8 Å². The Labute approximate surface area is 116 Å². The lowest BCUT2D eigenvalue weighted by atomic mass is 10.1. The van der Waals surface area contributed by atoms with Gasteiger partial charge in [0.25, 0.3) is 0 Å². The molecule has 1 unspecified atom stereocenters. The molecule has 0 radical (unpaired) electrons. The summed E-state index contributed by atoms with van der Waals surface area (Å²) in [6.45, 7) is 10.3. The van der Waals surface area contributed by atoms with Gasteiger partial charge >= 0.3 is 0 Å². The molecule has 1 aromatic carbocycles. The predicted molar refractivity (Wildman–Crippen MR) is 80.6 cm³/mol. The molecular weight excluding hydrogens is 236 g/mol. The fraction of sp³-hybridized carbons (Fsp3) is 0.625. The van der Waals surface area contributed by atoms with Gasteiger partial charge in [-0.05, 0) is 43.0 Å². The van der Waals surface area contributed by atoms with E-state index in [1.54, 1.807) is 0 Å². The van der Waals surface area contributed by atoms with Crippen LogP contribution < -0.4 is 10.2 Å². The SMILES string of the molecule is Cc1cc(CNCC(C)C)ccc1N1CCC(O)C1. The van der Waals surface area contributed by atoms with Crippen LogP contribution in [0.4, 0.5) is 5.69 Å². The monoisotopic (exact) mass is 262 g/mol. The van der Waals surface area contributed by atoms with Crippen LogP contribution in [0.3, 0.4) is 0 Å². The highest BCUT2D eigenvalue weighted by molar-refractivity contribution is 5.55. The van der Waals surface area contributed by atoms with Crippen molar-refractivity contribution in [2.24, 2.45) is 5.92 Å². The Hall–Kier alpha value is -1.06. The van der Waals surface area contributed by atoms with Crippen molar-refractivity contribution in [3.63, 3.8) is 0 Å². The maximum absolute atomic E-state index is 9.62. The molecule has 1 aliphatic rings. The number of β-amino-alcohol motifs (C(OH)–C–C–N with tert-alkyl or cyclic N) is 1. The Morgan fingerprint density at radius 3 is 2.79 bits per heavy atom. The van der Waals surface area contributed by atoms with Crippen molar-refractivity contribution in [2.45, 2.75) is 39.8 Å². The second-order valence-electron chi connectivity index (χ2n) is 6.03. The Morgan fingerprint density at radius 1 is 1.42 bits per heavy atom. The molecule has 1 aliphatic heterocycles. The molecular formula is C16H26N2O. The first-order valence-corrected chi connectivity index (χ1v) is 7.29. The van der Waals surface area contributed by atoms with E-state index in [-0.39, 0.29) is 6.10 Å². The Bertz CT molecular complexity index is 417. The summed E-state index contributed by atoms with van der Waals surface area (Å²) in [5.74, 6) is 0.687. The van der Waals surface area contributed by atoms with E-state index in [4.69, 9.17) is 0 Å². The Morgan fingerprint density at radius 2 is 2.21 bits per heavy atom. The number of hydrogen-bond donors (Lipinski definition) is 2. The number of aryl methyl sites for hydroxylation is 1. The van der Waals surface area contributed by atoms with Crippen LogP contribution in [0.1, 0.15) is 31.4 Å². The van der Waals surface area contributed by atoms with E-state index in [0.29, 0.717) is 5.92 Å². The molecule has 1 fully saturated rings. The molecule has 3 nitrogen and oxygen atoms in total. The lowest BCUT2D eigenvalue weighted by molar-refractivity contribution is 0.198. The summed E-state index contributed by atoms with van der Waals surface area (Å²) in [5, 5.41) is 13.1. The summed E-state index contributed by atoms with van der Waals surface area (Å²) >= 11 is 0. The van der Waals surface area contributed by atoms with Gasteiger partial charge in [-0.1, -0.05) is 26.0 Å². The highest BCUT2D eigenvalue weighted by Crippen LogP contribution is 2.25. The summed E-state index contributed by atoms with van der Waals surface area (Å²) in [4.78, 5) is 2.28. The average molecular weight is 262 g/mol. The molecule has 0 amide bonds. The molecule has 1 heterocycles.